The average Bonchev–Trinajstić information content (AvgIpc) is 1.41. The van der Waals surface area contributed by atoms with Gasteiger partial charge in [-0.2, -0.15) is 0 Å². The van der Waals surface area contributed by atoms with Crippen LogP contribution in [0.25, 0.3) is 0 Å². The summed E-state index contributed by atoms with van der Waals surface area (Å²) >= 11 is 1.82. The van der Waals surface area contributed by atoms with Crippen molar-refractivity contribution in [1.82, 2.24) is 0 Å². The molecule has 28 valence electrons. The van der Waals surface area contributed by atoms with Crippen LogP contribution in [-0.2, 0) is 0 Å². The molecule has 3 heteroatoms. The van der Waals surface area contributed by atoms with Crippen LogP contribution in [0.3, 0.4) is 0 Å². The van der Waals surface area contributed by atoms with E-state index in [0.29, 0.717) is 0 Å². The maximum absolute atomic E-state index is 2.12. The third-order valence-corrected chi connectivity index (χ3v) is 1.90. The quantitative estimate of drug-likeness (QED) is 0.361. The van der Waals surface area contributed by atoms with Crippen LogP contribution >= 0.6 is 18.7 Å². The fourth-order valence-corrected chi connectivity index (χ4v) is 0.949. The predicted molar refractivity (Wildman–Crippen MR) is 32.1 cm³/mol. The zero-order valence-electron chi connectivity index (χ0n) is 3.43. The molecule has 0 nitrogen and oxygen atoms in total. The fourth-order valence-electron chi connectivity index (χ4n) is 0.105. The Morgan fingerprint density at radius 3 is 2.40 bits per heavy atom. The normalized spacial score (nSPS) is 8.40. The molecule has 0 fully saturated rings. The number of hydrogen-bond acceptors (Lipinski definition) is 1. The molecule has 0 atom stereocenters. The summed E-state index contributed by atoms with van der Waals surface area (Å²) in [6, 6.07) is 0. The zero-order valence-corrected chi connectivity index (χ0v) is 5.14. The second kappa shape index (κ2) is 4.71. The molecule has 0 bridgehead atoms. The first kappa shape index (κ1) is 5.71. The van der Waals surface area contributed by atoms with E-state index in [4.69, 9.17) is 0 Å². The first-order chi connectivity index (χ1) is 2.41. The van der Waals surface area contributed by atoms with Gasteiger partial charge in [0, 0.05) is 0 Å². The Morgan fingerprint density at radius 1 is 1.80 bits per heavy atom. The molecule has 0 spiro atoms. The average molecular weight is 104 g/mol. The minimum atomic E-state index is 1.37. The molecule has 0 saturated heterocycles. The Labute approximate surface area is 39.1 Å². The van der Waals surface area contributed by atoms with Gasteiger partial charge in [0.15, 0.2) is 0 Å². The van der Waals surface area contributed by atoms with Crippen molar-refractivity contribution in [2.75, 3.05) is 6.26 Å². The van der Waals surface area contributed by atoms with Gasteiger partial charge in [0.1, 0.15) is 0 Å². The van der Waals surface area contributed by atoms with Crippen molar-refractivity contribution in [3.8, 4) is 0 Å². The molecule has 0 aromatic carbocycles. The molecule has 0 aliphatic carbocycles. The Kier molecular flexibility index (Phi) is 5.39. The topological polar surface area (TPSA) is 0 Å². The van der Waals surface area contributed by atoms with E-state index in [1.807, 2.05) is 11.4 Å². The van der Waals surface area contributed by atoms with Gasteiger partial charge in [0.25, 0.3) is 0 Å². The Hall–Kier alpha value is 0.715. The van der Waals surface area contributed by atoms with Gasteiger partial charge < -0.3 is 0 Å². The van der Waals surface area contributed by atoms with Crippen molar-refractivity contribution in [3.63, 3.8) is 0 Å². The van der Waals surface area contributed by atoms with Crippen molar-refractivity contribution in [2.45, 2.75) is 6.82 Å². The molecule has 0 aromatic rings. The van der Waals surface area contributed by atoms with E-state index in [1.54, 1.807) is 0 Å². The van der Waals surface area contributed by atoms with Gasteiger partial charge >= 0.3 is 38.4 Å². The van der Waals surface area contributed by atoms with Gasteiger partial charge in [-0.25, -0.2) is 0 Å². The monoisotopic (exact) mass is 104 g/mol. The van der Waals surface area contributed by atoms with Crippen LogP contribution in [-0.4, -0.2) is 12.9 Å². The Balaban J connectivity index is 2.62. The molecular formula is C2H6BPS. The molecule has 0 N–H and O–H groups in total. The van der Waals surface area contributed by atoms with E-state index < -0.39 is 0 Å². The first-order valence-electron chi connectivity index (χ1n) is 1.43. The summed E-state index contributed by atoms with van der Waals surface area (Å²) in [5.74, 6) is 0. The van der Waals surface area contributed by atoms with Crippen molar-refractivity contribution < 1.29 is 0 Å². The molecule has 0 aliphatic rings. The molecule has 0 saturated carbocycles. The van der Waals surface area contributed by atoms with Crippen LogP contribution in [0, 0.1) is 0 Å². The predicted octanol–water partition coefficient (Wildman–Crippen LogP) is 1.88. The maximum atomic E-state index is 2.12. The van der Waals surface area contributed by atoms with E-state index in [1.165, 1.54) is 7.27 Å². The van der Waals surface area contributed by atoms with Gasteiger partial charge in [-0.05, 0) is 0 Å². The summed E-state index contributed by atoms with van der Waals surface area (Å²) < 4.78 is 0. The van der Waals surface area contributed by atoms with E-state index in [-0.39, 0.29) is 0 Å². The van der Waals surface area contributed by atoms with E-state index in [0.717, 1.165) is 0 Å². The Bertz CT molecular complexity index is 36.6. The van der Waals surface area contributed by atoms with Crippen LogP contribution < -0.4 is 0 Å². The van der Waals surface area contributed by atoms with Gasteiger partial charge in [-0.15, -0.1) is 0 Å². The van der Waals surface area contributed by atoms with Crippen molar-refractivity contribution in [1.29, 1.82) is 0 Å². The fraction of sp³-hybridized carbons (Fsp3) is 1.00. The van der Waals surface area contributed by atoms with Gasteiger partial charge in [0.2, 0.25) is 0 Å². The second-order valence-electron chi connectivity index (χ2n) is 0.546. The standard InChI is InChI=1S/C2H6BPS/c1-3-4-5-2/h1-2H3. The van der Waals surface area contributed by atoms with Crippen LogP contribution in [0.1, 0.15) is 0 Å². The van der Waals surface area contributed by atoms with Gasteiger partial charge in [-0.1, -0.05) is 0 Å². The summed E-state index contributed by atoms with van der Waals surface area (Å²) in [7, 11) is 1.37. The SMILES string of the molecule is CB=PSC. The van der Waals surface area contributed by atoms with E-state index >= 15 is 0 Å². The molecule has 0 radical (unpaired) electrons. The number of rotatable bonds is 1. The van der Waals surface area contributed by atoms with Crippen LogP contribution in [0.2, 0.25) is 6.82 Å². The van der Waals surface area contributed by atoms with Crippen LogP contribution in [0.5, 0.6) is 0 Å². The first-order valence-corrected chi connectivity index (χ1v) is 4.22. The molecule has 0 aromatic heterocycles. The van der Waals surface area contributed by atoms with Crippen LogP contribution in [0.4, 0.5) is 0 Å². The minimum absolute atomic E-state index is 1.37. The summed E-state index contributed by atoms with van der Waals surface area (Å²) in [6.45, 7) is 4.17. The summed E-state index contributed by atoms with van der Waals surface area (Å²) in [5, 5.41) is 0. The second-order valence-corrected chi connectivity index (χ2v) is 3.37. The molecule has 0 rings (SSSR count). The Morgan fingerprint density at radius 2 is 2.40 bits per heavy atom. The molecule has 0 amide bonds. The van der Waals surface area contributed by atoms with Crippen molar-refractivity contribution >= 4 is 25.3 Å². The van der Waals surface area contributed by atoms with Gasteiger partial charge in [0.05, 0.1) is 0 Å². The number of hydrogen-bond donors (Lipinski definition) is 0. The third kappa shape index (κ3) is 4.71. The van der Waals surface area contributed by atoms with E-state index in [9.17, 15) is 0 Å². The molecule has 0 heterocycles. The molecule has 0 unspecified atom stereocenters. The zero-order chi connectivity index (χ0) is 4.12. The molecular weight excluding hydrogens is 97.9 g/mol. The van der Waals surface area contributed by atoms with E-state index in [2.05, 4.69) is 19.7 Å². The van der Waals surface area contributed by atoms with Crippen molar-refractivity contribution in [3.05, 3.63) is 0 Å². The summed E-state index contributed by atoms with van der Waals surface area (Å²) in [6.07, 6.45) is 2.08. The summed E-state index contributed by atoms with van der Waals surface area (Å²) in [4.78, 5) is 0. The summed E-state index contributed by atoms with van der Waals surface area (Å²) in [5.41, 5.74) is 0. The van der Waals surface area contributed by atoms with Crippen LogP contribution in [0.15, 0.2) is 0 Å². The van der Waals surface area contributed by atoms with Crippen molar-refractivity contribution in [2.24, 2.45) is 0 Å². The molecule has 0 aliphatic heterocycles. The van der Waals surface area contributed by atoms with Gasteiger partial charge in [-0.3, -0.25) is 0 Å². The molecule has 5 heavy (non-hydrogen) atoms. The third-order valence-electron chi connectivity index (χ3n) is 0.211.